The molecule has 0 bridgehead atoms. The van der Waals surface area contributed by atoms with Gasteiger partial charge in [-0.3, -0.25) is 4.90 Å². The molecule has 1 unspecified atom stereocenters. The highest BCUT2D eigenvalue weighted by molar-refractivity contribution is 5.72. The van der Waals surface area contributed by atoms with Crippen LogP contribution in [-0.4, -0.2) is 31.1 Å². The van der Waals surface area contributed by atoms with E-state index in [1.165, 1.54) is 35.3 Å². The molecule has 0 saturated carbocycles. The van der Waals surface area contributed by atoms with Crippen LogP contribution >= 0.6 is 0 Å². The highest BCUT2D eigenvalue weighted by Gasteiger charge is 2.30. The van der Waals surface area contributed by atoms with Gasteiger partial charge in [-0.15, -0.1) is 0 Å². The summed E-state index contributed by atoms with van der Waals surface area (Å²) in [5.74, 6) is 1.88. The number of hydrogen-bond acceptors (Lipinski definition) is 4. The second-order valence-corrected chi connectivity index (χ2v) is 8.11. The summed E-state index contributed by atoms with van der Waals surface area (Å²) >= 11 is 0. The maximum atomic E-state index is 6.15. The Labute approximate surface area is 178 Å². The molecule has 1 atom stereocenters. The van der Waals surface area contributed by atoms with Crippen molar-refractivity contribution in [2.45, 2.75) is 32.0 Å². The van der Waals surface area contributed by atoms with Crippen molar-refractivity contribution in [3.05, 3.63) is 83.9 Å². The molecule has 2 aliphatic rings. The SMILES string of the molecule is COc1ccc(CN2CCCC2CN2c3ccccc3COc3ccccc32)cc1. The lowest BCUT2D eigenvalue weighted by molar-refractivity contribution is 0.249. The molecule has 2 aliphatic heterocycles. The number of rotatable bonds is 5. The monoisotopic (exact) mass is 400 g/mol. The van der Waals surface area contributed by atoms with Gasteiger partial charge in [0.25, 0.3) is 0 Å². The predicted octanol–water partition coefficient (Wildman–Crippen LogP) is 5.39. The van der Waals surface area contributed by atoms with Crippen LogP contribution in [0.3, 0.4) is 0 Å². The smallest absolute Gasteiger partial charge is 0.143 e. The molecule has 0 amide bonds. The third-order valence-corrected chi connectivity index (χ3v) is 6.26. The van der Waals surface area contributed by atoms with E-state index in [0.29, 0.717) is 12.6 Å². The number of methoxy groups -OCH3 is 1. The summed E-state index contributed by atoms with van der Waals surface area (Å²) < 4.78 is 11.5. The molecule has 1 fully saturated rings. The fourth-order valence-corrected chi connectivity index (χ4v) is 4.67. The largest absolute Gasteiger partial charge is 0.497 e. The molecule has 154 valence electrons. The summed E-state index contributed by atoms with van der Waals surface area (Å²) in [7, 11) is 1.71. The highest BCUT2D eigenvalue weighted by atomic mass is 16.5. The number of anilines is 2. The number of likely N-dealkylation sites (tertiary alicyclic amines) is 1. The van der Waals surface area contributed by atoms with Gasteiger partial charge in [-0.05, 0) is 55.3 Å². The van der Waals surface area contributed by atoms with Crippen LogP contribution in [0, 0.1) is 0 Å². The molecule has 0 N–H and O–H groups in total. The third-order valence-electron chi connectivity index (χ3n) is 6.26. The molecule has 0 spiro atoms. The Bertz CT molecular complexity index is 954. The normalized spacial score (nSPS) is 18.3. The Morgan fingerprint density at radius 2 is 1.70 bits per heavy atom. The first-order chi connectivity index (χ1) is 14.8. The van der Waals surface area contributed by atoms with E-state index < -0.39 is 0 Å². The molecule has 2 heterocycles. The van der Waals surface area contributed by atoms with Crippen molar-refractivity contribution in [2.24, 2.45) is 0 Å². The van der Waals surface area contributed by atoms with Crippen molar-refractivity contribution < 1.29 is 9.47 Å². The Morgan fingerprint density at radius 1 is 0.933 bits per heavy atom. The van der Waals surface area contributed by atoms with Crippen LogP contribution < -0.4 is 14.4 Å². The average Bonchev–Trinajstić information content (AvgIpc) is 3.16. The topological polar surface area (TPSA) is 24.9 Å². The van der Waals surface area contributed by atoms with E-state index in [0.717, 1.165) is 31.1 Å². The average molecular weight is 401 g/mol. The van der Waals surface area contributed by atoms with Gasteiger partial charge in [-0.1, -0.05) is 42.5 Å². The third kappa shape index (κ3) is 3.75. The molecule has 1 saturated heterocycles. The summed E-state index contributed by atoms with van der Waals surface area (Å²) in [6.07, 6.45) is 2.46. The van der Waals surface area contributed by atoms with Crippen LogP contribution in [0.1, 0.15) is 24.0 Å². The van der Waals surface area contributed by atoms with Crippen molar-refractivity contribution in [3.8, 4) is 11.5 Å². The number of benzene rings is 3. The van der Waals surface area contributed by atoms with E-state index in [4.69, 9.17) is 9.47 Å². The van der Waals surface area contributed by atoms with Gasteiger partial charge in [-0.2, -0.15) is 0 Å². The van der Waals surface area contributed by atoms with E-state index >= 15 is 0 Å². The highest BCUT2D eigenvalue weighted by Crippen LogP contribution is 2.40. The van der Waals surface area contributed by atoms with Crippen molar-refractivity contribution in [1.29, 1.82) is 0 Å². The van der Waals surface area contributed by atoms with Gasteiger partial charge in [-0.25, -0.2) is 0 Å². The fraction of sp³-hybridized carbons (Fsp3) is 0.308. The summed E-state index contributed by atoms with van der Waals surface area (Å²) in [6.45, 7) is 3.70. The number of fused-ring (bicyclic) bond motifs is 2. The molecular formula is C26H28N2O2. The second-order valence-electron chi connectivity index (χ2n) is 8.11. The Balaban J connectivity index is 1.41. The molecule has 0 aliphatic carbocycles. The van der Waals surface area contributed by atoms with Crippen LogP contribution in [0.5, 0.6) is 11.5 Å². The lowest BCUT2D eigenvalue weighted by Gasteiger charge is -2.32. The van der Waals surface area contributed by atoms with Gasteiger partial charge in [0.2, 0.25) is 0 Å². The van der Waals surface area contributed by atoms with Crippen molar-refractivity contribution in [1.82, 2.24) is 4.90 Å². The van der Waals surface area contributed by atoms with Gasteiger partial charge in [0.1, 0.15) is 18.1 Å². The number of nitrogens with zero attached hydrogens (tertiary/aromatic N) is 2. The molecular weight excluding hydrogens is 372 g/mol. The summed E-state index contributed by atoms with van der Waals surface area (Å²) in [4.78, 5) is 5.09. The first-order valence-electron chi connectivity index (χ1n) is 10.8. The number of ether oxygens (including phenoxy) is 2. The molecule has 3 aromatic carbocycles. The second kappa shape index (κ2) is 8.41. The predicted molar refractivity (Wildman–Crippen MR) is 121 cm³/mol. The van der Waals surface area contributed by atoms with Crippen LogP contribution in [-0.2, 0) is 13.2 Å². The Hall–Kier alpha value is -2.98. The number of para-hydroxylation sites is 3. The minimum absolute atomic E-state index is 0.506. The Kier molecular flexibility index (Phi) is 5.33. The minimum Gasteiger partial charge on any atom is -0.497 e. The zero-order chi connectivity index (χ0) is 20.3. The van der Waals surface area contributed by atoms with E-state index in [-0.39, 0.29) is 0 Å². The van der Waals surface area contributed by atoms with Crippen molar-refractivity contribution in [3.63, 3.8) is 0 Å². The first kappa shape index (κ1) is 19.0. The lowest BCUT2D eigenvalue weighted by atomic mass is 10.1. The molecule has 0 aromatic heterocycles. The van der Waals surface area contributed by atoms with Gasteiger partial charge in [0.05, 0.1) is 12.8 Å². The van der Waals surface area contributed by atoms with Crippen LogP contribution in [0.2, 0.25) is 0 Å². The minimum atomic E-state index is 0.506. The van der Waals surface area contributed by atoms with Crippen molar-refractivity contribution in [2.75, 3.05) is 25.1 Å². The quantitative estimate of drug-likeness (QED) is 0.573. The Morgan fingerprint density at radius 3 is 2.53 bits per heavy atom. The number of hydrogen-bond donors (Lipinski definition) is 0. The van der Waals surface area contributed by atoms with Crippen LogP contribution in [0.4, 0.5) is 11.4 Å². The van der Waals surface area contributed by atoms with E-state index in [2.05, 4.69) is 82.6 Å². The summed E-state index contributed by atoms with van der Waals surface area (Å²) in [6, 6.07) is 26.0. The van der Waals surface area contributed by atoms with E-state index in [1.54, 1.807) is 7.11 Å². The fourth-order valence-electron chi connectivity index (χ4n) is 4.67. The van der Waals surface area contributed by atoms with Gasteiger partial charge < -0.3 is 14.4 Å². The summed E-state index contributed by atoms with van der Waals surface area (Å²) in [5, 5.41) is 0. The molecule has 5 rings (SSSR count). The van der Waals surface area contributed by atoms with Crippen LogP contribution in [0.25, 0.3) is 0 Å². The lowest BCUT2D eigenvalue weighted by Crippen LogP contribution is -2.38. The van der Waals surface area contributed by atoms with E-state index in [9.17, 15) is 0 Å². The first-order valence-corrected chi connectivity index (χ1v) is 10.8. The zero-order valence-corrected chi connectivity index (χ0v) is 17.5. The standard InChI is InChI=1S/C26H28N2O2/c1-29-23-14-12-20(13-15-23)17-27-16-6-8-22(27)18-28-24-9-3-2-7-21(24)19-30-26-11-5-4-10-25(26)28/h2-5,7,9-15,22H,6,8,16-19H2,1H3. The van der Waals surface area contributed by atoms with Gasteiger partial charge in [0, 0.05) is 30.4 Å². The molecule has 4 nitrogen and oxygen atoms in total. The molecule has 0 radical (unpaired) electrons. The van der Waals surface area contributed by atoms with E-state index in [1.807, 2.05) is 0 Å². The zero-order valence-electron chi connectivity index (χ0n) is 17.5. The molecule has 4 heteroatoms. The van der Waals surface area contributed by atoms with Crippen LogP contribution in [0.15, 0.2) is 72.8 Å². The maximum absolute atomic E-state index is 6.15. The summed E-state index contributed by atoms with van der Waals surface area (Å²) in [5.41, 5.74) is 5.01. The molecule has 30 heavy (non-hydrogen) atoms. The van der Waals surface area contributed by atoms with Gasteiger partial charge in [0.15, 0.2) is 0 Å². The van der Waals surface area contributed by atoms with Gasteiger partial charge >= 0.3 is 0 Å². The molecule has 3 aromatic rings. The maximum Gasteiger partial charge on any atom is 0.143 e. The van der Waals surface area contributed by atoms with Crippen molar-refractivity contribution >= 4 is 11.4 Å².